The maximum absolute atomic E-state index is 10.6. The van der Waals surface area contributed by atoms with Crippen LogP contribution in [-0.2, 0) is 14.6 Å². The van der Waals surface area contributed by atoms with Crippen LogP contribution < -0.4 is 0 Å². The molecule has 0 amide bonds. The fourth-order valence-electron chi connectivity index (χ4n) is 4.69. The molecule has 150 valence electrons. The second-order valence-corrected chi connectivity index (χ2v) is 8.60. The molecular weight excluding hydrogens is 328 g/mol. The van der Waals surface area contributed by atoms with Gasteiger partial charge in [-0.3, -0.25) is 4.79 Å². The summed E-state index contributed by atoms with van der Waals surface area (Å²) in [5, 5.41) is 8.71. The summed E-state index contributed by atoms with van der Waals surface area (Å²) in [6.07, 6.45) is 15.5. The predicted molar refractivity (Wildman–Crippen MR) is 104 cm³/mol. The molecule has 0 aromatic carbocycles. The van der Waals surface area contributed by atoms with Crippen LogP contribution in [-0.4, -0.2) is 22.8 Å². The minimum Gasteiger partial charge on any atom is -0.481 e. The molecular formula is C22H38O4. The summed E-state index contributed by atoms with van der Waals surface area (Å²) < 4.78 is 0. The fraction of sp³-hybridized carbons (Fsp3) is 0.864. The predicted octanol–water partition coefficient (Wildman–Crippen LogP) is 6.05. The van der Waals surface area contributed by atoms with E-state index in [9.17, 15) is 4.79 Å². The maximum Gasteiger partial charge on any atom is 0.303 e. The Balaban J connectivity index is 1.79. The van der Waals surface area contributed by atoms with E-state index in [1.165, 1.54) is 37.7 Å². The second-order valence-electron chi connectivity index (χ2n) is 8.60. The molecule has 1 aliphatic carbocycles. The number of aliphatic carboxylic acids is 1. The lowest BCUT2D eigenvalue weighted by Crippen LogP contribution is -2.37. The monoisotopic (exact) mass is 366 g/mol. The van der Waals surface area contributed by atoms with E-state index in [-0.39, 0.29) is 11.7 Å². The molecule has 0 aromatic heterocycles. The van der Waals surface area contributed by atoms with Crippen LogP contribution >= 0.6 is 0 Å². The third kappa shape index (κ3) is 6.09. The Kier molecular flexibility index (Phi) is 8.62. The summed E-state index contributed by atoms with van der Waals surface area (Å²) in [6, 6.07) is 0. The molecule has 2 rings (SSSR count). The average molecular weight is 367 g/mol. The van der Waals surface area contributed by atoms with Gasteiger partial charge in [-0.15, -0.1) is 0 Å². The minimum absolute atomic E-state index is 0.126. The topological polar surface area (TPSA) is 55.8 Å². The quantitative estimate of drug-likeness (QED) is 0.245. The molecule has 2 bridgehead atoms. The lowest BCUT2D eigenvalue weighted by Gasteiger charge is -2.35. The zero-order valence-electron chi connectivity index (χ0n) is 17.0. The summed E-state index contributed by atoms with van der Waals surface area (Å²) in [5.74, 6) is 0.437. The number of hydrogen-bond acceptors (Lipinski definition) is 3. The van der Waals surface area contributed by atoms with Gasteiger partial charge in [0.25, 0.3) is 0 Å². The van der Waals surface area contributed by atoms with E-state index in [0.29, 0.717) is 18.3 Å². The molecule has 1 N–H and O–H groups in total. The fourth-order valence-corrected chi connectivity index (χ4v) is 4.69. The van der Waals surface area contributed by atoms with E-state index in [4.69, 9.17) is 14.9 Å². The molecule has 0 radical (unpaired) electrons. The van der Waals surface area contributed by atoms with Crippen LogP contribution in [0, 0.1) is 11.8 Å². The van der Waals surface area contributed by atoms with E-state index >= 15 is 0 Å². The van der Waals surface area contributed by atoms with Gasteiger partial charge in [0.05, 0.1) is 6.10 Å². The summed E-state index contributed by atoms with van der Waals surface area (Å²) in [4.78, 5) is 21.9. The molecule has 1 heterocycles. The number of carboxylic acid groups (broad SMARTS) is 1. The zero-order valence-corrected chi connectivity index (χ0v) is 17.0. The molecule has 2 fully saturated rings. The standard InChI is InChI=1S/C22H38O4/c1-4-5-8-11-17(2)14-15-19-18(20-16-22(19,3)26-25-20)12-9-6-7-10-13-21(23)24/h14,18-20H,4-13,15-16H2,1-3H3,(H,23,24)/t18-,19-,20-,22+/m1/s1. The first-order valence-electron chi connectivity index (χ1n) is 10.7. The van der Waals surface area contributed by atoms with Gasteiger partial charge >= 0.3 is 5.97 Å². The molecule has 0 unspecified atom stereocenters. The van der Waals surface area contributed by atoms with E-state index in [1.807, 2.05) is 0 Å². The van der Waals surface area contributed by atoms with Crippen molar-refractivity contribution >= 4 is 5.97 Å². The molecule has 4 heteroatoms. The number of carbonyl (C=O) groups is 1. The van der Waals surface area contributed by atoms with Crippen molar-refractivity contribution in [2.24, 2.45) is 11.8 Å². The summed E-state index contributed by atoms with van der Waals surface area (Å²) in [5.41, 5.74) is 1.39. The average Bonchev–Trinajstić information content (AvgIpc) is 3.10. The smallest absolute Gasteiger partial charge is 0.303 e. The van der Waals surface area contributed by atoms with E-state index < -0.39 is 5.97 Å². The Morgan fingerprint density at radius 1 is 1.15 bits per heavy atom. The third-order valence-corrected chi connectivity index (χ3v) is 6.32. The number of carboxylic acids is 1. The third-order valence-electron chi connectivity index (χ3n) is 6.32. The zero-order chi connectivity index (χ0) is 19.0. The highest BCUT2D eigenvalue weighted by atomic mass is 17.2. The van der Waals surface area contributed by atoms with Crippen molar-refractivity contribution in [3.63, 3.8) is 0 Å². The van der Waals surface area contributed by atoms with Crippen LogP contribution in [0.25, 0.3) is 0 Å². The van der Waals surface area contributed by atoms with Gasteiger partial charge in [0.2, 0.25) is 0 Å². The Bertz CT molecular complexity index is 473. The van der Waals surface area contributed by atoms with Gasteiger partial charge in [-0.25, -0.2) is 9.78 Å². The van der Waals surface area contributed by atoms with Gasteiger partial charge in [-0.05, 0) is 57.8 Å². The van der Waals surface area contributed by atoms with Crippen molar-refractivity contribution < 1.29 is 19.7 Å². The van der Waals surface area contributed by atoms with Crippen LogP contribution in [0.4, 0.5) is 0 Å². The number of allylic oxidation sites excluding steroid dienone is 2. The van der Waals surface area contributed by atoms with Gasteiger partial charge in [-0.1, -0.05) is 50.7 Å². The van der Waals surface area contributed by atoms with Crippen LogP contribution in [0.2, 0.25) is 0 Å². The Labute approximate surface area is 159 Å². The summed E-state index contributed by atoms with van der Waals surface area (Å²) in [7, 11) is 0. The van der Waals surface area contributed by atoms with Crippen molar-refractivity contribution in [3.8, 4) is 0 Å². The van der Waals surface area contributed by atoms with Gasteiger partial charge in [0, 0.05) is 12.8 Å². The molecule has 2 aliphatic rings. The second kappa shape index (κ2) is 10.5. The number of rotatable bonds is 13. The first-order chi connectivity index (χ1) is 12.5. The van der Waals surface area contributed by atoms with Crippen molar-refractivity contribution in [3.05, 3.63) is 11.6 Å². The Morgan fingerprint density at radius 3 is 2.62 bits per heavy atom. The summed E-state index contributed by atoms with van der Waals surface area (Å²) in [6.45, 7) is 6.73. The van der Waals surface area contributed by atoms with Crippen molar-refractivity contribution in [2.75, 3.05) is 0 Å². The largest absolute Gasteiger partial charge is 0.481 e. The van der Waals surface area contributed by atoms with Crippen LogP contribution in [0.1, 0.15) is 97.8 Å². The molecule has 26 heavy (non-hydrogen) atoms. The number of unbranched alkanes of at least 4 members (excludes halogenated alkanes) is 5. The van der Waals surface area contributed by atoms with Crippen LogP contribution in [0.5, 0.6) is 0 Å². The van der Waals surface area contributed by atoms with Crippen LogP contribution in [0.3, 0.4) is 0 Å². The number of fused-ring (bicyclic) bond motifs is 2. The first kappa shape index (κ1) is 21.4. The molecule has 0 spiro atoms. The highest BCUT2D eigenvalue weighted by molar-refractivity contribution is 5.66. The highest BCUT2D eigenvalue weighted by Gasteiger charge is 2.57. The summed E-state index contributed by atoms with van der Waals surface area (Å²) >= 11 is 0. The Hall–Kier alpha value is -0.870. The van der Waals surface area contributed by atoms with Gasteiger partial charge in [0.1, 0.15) is 5.60 Å². The molecule has 0 aromatic rings. The molecule has 1 aliphatic heterocycles. The van der Waals surface area contributed by atoms with Crippen molar-refractivity contribution in [2.45, 2.75) is 110 Å². The van der Waals surface area contributed by atoms with Gasteiger partial charge < -0.3 is 5.11 Å². The first-order valence-corrected chi connectivity index (χ1v) is 10.7. The van der Waals surface area contributed by atoms with Gasteiger partial charge in [0.15, 0.2) is 0 Å². The van der Waals surface area contributed by atoms with E-state index in [1.54, 1.807) is 0 Å². The molecule has 4 nitrogen and oxygen atoms in total. The maximum atomic E-state index is 10.6. The molecule has 4 atom stereocenters. The molecule has 1 saturated heterocycles. The van der Waals surface area contributed by atoms with Crippen LogP contribution in [0.15, 0.2) is 11.6 Å². The van der Waals surface area contributed by atoms with Gasteiger partial charge in [-0.2, -0.15) is 0 Å². The number of hydrogen-bond donors (Lipinski definition) is 1. The molecule has 1 saturated carbocycles. The minimum atomic E-state index is -0.683. The van der Waals surface area contributed by atoms with Crippen molar-refractivity contribution in [1.82, 2.24) is 0 Å². The lowest BCUT2D eigenvalue weighted by atomic mass is 9.80. The van der Waals surface area contributed by atoms with Crippen molar-refractivity contribution in [1.29, 1.82) is 0 Å². The van der Waals surface area contributed by atoms with E-state index in [2.05, 4.69) is 26.8 Å². The highest BCUT2D eigenvalue weighted by Crippen LogP contribution is 2.53. The lowest BCUT2D eigenvalue weighted by molar-refractivity contribution is -0.369. The Morgan fingerprint density at radius 2 is 1.88 bits per heavy atom. The normalized spacial score (nSPS) is 30.9. The van der Waals surface area contributed by atoms with E-state index in [0.717, 1.165) is 38.5 Å². The SMILES string of the molecule is CCCCCC(C)=CC[C@@H]1[C@@H](CCCCCCC(=O)O)[C@H]2C[C@]1(C)OO2.